The molecule has 0 aromatic heterocycles. The molecule has 0 spiro atoms. The molecule has 16 heavy (non-hydrogen) atoms. The van der Waals surface area contributed by atoms with Gasteiger partial charge in [0.1, 0.15) is 0 Å². The van der Waals surface area contributed by atoms with E-state index in [2.05, 4.69) is 19.9 Å². The lowest BCUT2D eigenvalue weighted by atomic mass is 9.55. The molecule has 1 radical (unpaired) electrons. The van der Waals surface area contributed by atoms with Crippen LogP contribution in [0, 0.1) is 17.2 Å². The van der Waals surface area contributed by atoms with Gasteiger partial charge in [-0.1, -0.05) is 31.5 Å². The zero-order valence-corrected chi connectivity index (χ0v) is 9.90. The largest absolute Gasteiger partial charge is 0.312 e. The van der Waals surface area contributed by atoms with Crippen LogP contribution < -0.4 is 0 Å². The van der Waals surface area contributed by atoms with E-state index >= 15 is 0 Å². The molecule has 3 heteroatoms. The van der Waals surface area contributed by atoms with E-state index in [-0.39, 0.29) is 11.5 Å². The summed E-state index contributed by atoms with van der Waals surface area (Å²) in [6, 6.07) is 9.56. The Balaban J connectivity index is 3.01. The SMILES string of the molecule is CC(=O)[B]C(c1cccc(C#N)c1)C(C)C. The summed E-state index contributed by atoms with van der Waals surface area (Å²) in [6.45, 7) is 5.70. The minimum Gasteiger partial charge on any atom is -0.312 e. The van der Waals surface area contributed by atoms with Crippen molar-refractivity contribution in [2.45, 2.75) is 26.6 Å². The van der Waals surface area contributed by atoms with Crippen LogP contribution in [0.4, 0.5) is 0 Å². The average molecular weight is 212 g/mol. The Morgan fingerprint density at radius 2 is 2.12 bits per heavy atom. The van der Waals surface area contributed by atoms with Crippen LogP contribution >= 0.6 is 0 Å². The Hall–Kier alpha value is -1.56. The Morgan fingerprint density at radius 1 is 1.44 bits per heavy atom. The highest BCUT2D eigenvalue weighted by atomic mass is 16.1. The molecule has 0 amide bonds. The van der Waals surface area contributed by atoms with E-state index in [1.165, 1.54) is 0 Å². The normalized spacial score (nSPS) is 11.9. The zero-order valence-electron chi connectivity index (χ0n) is 9.90. The molecule has 1 aromatic carbocycles. The summed E-state index contributed by atoms with van der Waals surface area (Å²) in [5.41, 5.74) is 1.74. The summed E-state index contributed by atoms with van der Waals surface area (Å²) in [4.78, 5) is 11.2. The van der Waals surface area contributed by atoms with E-state index < -0.39 is 0 Å². The van der Waals surface area contributed by atoms with Crippen LogP contribution in [0.5, 0.6) is 0 Å². The van der Waals surface area contributed by atoms with Crippen LogP contribution in [-0.2, 0) is 4.79 Å². The van der Waals surface area contributed by atoms with Gasteiger partial charge in [0, 0.05) is 0 Å². The predicted molar refractivity (Wildman–Crippen MR) is 65.2 cm³/mol. The van der Waals surface area contributed by atoms with Gasteiger partial charge in [-0.15, -0.1) is 0 Å². The van der Waals surface area contributed by atoms with Gasteiger partial charge in [-0.05, 0) is 30.8 Å². The van der Waals surface area contributed by atoms with Gasteiger partial charge in [0.2, 0.25) is 7.28 Å². The smallest absolute Gasteiger partial charge is 0.210 e. The van der Waals surface area contributed by atoms with Gasteiger partial charge in [0.05, 0.1) is 17.3 Å². The molecule has 0 aliphatic heterocycles. The van der Waals surface area contributed by atoms with Crippen LogP contribution in [0.1, 0.15) is 37.7 Å². The third-order valence-corrected chi connectivity index (χ3v) is 2.53. The molecule has 0 aliphatic rings. The van der Waals surface area contributed by atoms with Crippen molar-refractivity contribution in [3.05, 3.63) is 35.4 Å². The van der Waals surface area contributed by atoms with Crippen molar-refractivity contribution in [3.8, 4) is 6.07 Å². The summed E-state index contributed by atoms with van der Waals surface area (Å²) >= 11 is 0. The van der Waals surface area contributed by atoms with E-state index in [0.717, 1.165) is 5.56 Å². The van der Waals surface area contributed by atoms with Gasteiger partial charge >= 0.3 is 0 Å². The lowest BCUT2D eigenvalue weighted by molar-refractivity contribution is -0.110. The number of nitrogens with zero attached hydrogens (tertiary/aromatic N) is 1. The maximum Gasteiger partial charge on any atom is 0.210 e. The summed E-state index contributed by atoms with van der Waals surface area (Å²) in [5, 5.41) is 8.84. The Kier molecular flexibility index (Phi) is 4.31. The summed E-state index contributed by atoms with van der Waals surface area (Å²) in [6.07, 6.45) is 0. The van der Waals surface area contributed by atoms with Crippen LogP contribution in [0.3, 0.4) is 0 Å². The summed E-state index contributed by atoms with van der Waals surface area (Å²) < 4.78 is 0. The number of nitriles is 1. The second-order valence-corrected chi connectivity index (χ2v) is 4.28. The van der Waals surface area contributed by atoms with Crippen molar-refractivity contribution in [1.82, 2.24) is 0 Å². The van der Waals surface area contributed by atoms with Crippen molar-refractivity contribution in [2.75, 3.05) is 0 Å². The van der Waals surface area contributed by atoms with Gasteiger partial charge in [0.15, 0.2) is 0 Å². The maximum atomic E-state index is 11.2. The van der Waals surface area contributed by atoms with E-state index in [9.17, 15) is 4.79 Å². The first kappa shape index (κ1) is 12.5. The maximum absolute atomic E-state index is 11.2. The molecule has 2 nitrogen and oxygen atoms in total. The molecule has 81 valence electrons. The third kappa shape index (κ3) is 3.24. The standard InChI is InChI=1S/C13H15BNO/c1-9(2)13(14-10(3)16)12-6-4-5-11(7-12)8-15/h4-7,9,13H,1-3H3. The van der Waals surface area contributed by atoms with Crippen LogP contribution in [0.25, 0.3) is 0 Å². The molecule has 0 bridgehead atoms. The fourth-order valence-corrected chi connectivity index (χ4v) is 1.74. The molecule has 0 fully saturated rings. The lowest BCUT2D eigenvalue weighted by Gasteiger charge is -2.19. The third-order valence-electron chi connectivity index (χ3n) is 2.53. The topological polar surface area (TPSA) is 40.9 Å². The average Bonchev–Trinajstić information content (AvgIpc) is 2.25. The first-order chi connectivity index (χ1) is 7.54. The van der Waals surface area contributed by atoms with Crippen LogP contribution in [-0.4, -0.2) is 13.0 Å². The van der Waals surface area contributed by atoms with Gasteiger partial charge < -0.3 is 4.79 Å². The predicted octanol–water partition coefficient (Wildman–Crippen LogP) is 2.51. The Labute approximate surface area is 97.5 Å². The quantitative estimate of drug-likeness (QED) is 0.719. The lowest BCUT2D eigenvalue weighted by Crippen LogP contribution is -2.20. The Bertz CT molecular complexity index is 420. The van der Waals surface area contributed by atoms with Crippen molar-refractivity contribution < 1.29 is 4.79 Å². The molecule has 1 rings (SSSR count). The minimum atomic E-state index is 0.0704. The second-order valence-electron chi connectivity index (χ2n) is 4.28. The van der Waals surface area contributed by atoms with E-state index in [4.69, 9.17) is 5.26 Å². The van der Waals surface area contributed by atoms with Gasteiger partial charge in [0.25, 0.3) is 0 Å². The number of carbonyl (C=O) groups is 1. The van der Waals surface area contributed by atoms with Crippen molar-refractivity contribution in [3.63, 3.8) is 0 Å². The Morgan fingerprint density at radius 3 is 2.62 bits per heavy atom. The van der Waals surface area contributed by atoms with Crippen LogP contribution in [0.2, 0.25) is 0 Å². The number of benzene rings is 1. The molecule has 0 N–H and O–H groups in total. The molecule has 1 unspecified atom stereocenters. The highest BCUT2D eigenvalue weighted by molar-refractivity contribution is 6.74. The highest BCUT2D eigenvalue weighted by Crippen LogP contribution is 2.24. The van der Waals surface area contributed by atoms with Crippen molar-refractivity contribution >= 4 is 13.0 Å². The molecule has 1 atom stereocenters. The first-order valence-electron chi connectivity index (χ1n) is 5.40. The first-order valence-corrected chi connectivity index (χ1v) is 5.40. The minimum absolute atomic E-state index is 0.0704. The monoisotopic (exact) mass is 212 g/mol. The number of rotatable bonds is 4. The van der Waals surface area contributed by atoms with Crippen LogP contribution in [0.15, 0.2) is 24.3 Å². The fourth-order valence-electron chi connectivity index (χ4n) is 1.74. The molecule has 1 aromatic rings. The highest BCUT2D eigenvalue weighted by Gasteiger charge is 2.19. The molecular weight excluding hydrogens is 197 g/mol. The zero-order chi connectivity index (χ0) is 12.1. The van der Waals surface area contributed by atoms with E-state index in [0.29, 0.717) is 11.5 Å². The summed E-state index contributed by atoms with van der Waals surface area (Å²) in [7, 11) is 1.72. The van der Waals surface area contributed by atoms with Gasteiger partial charge in [-0.25, -0.2) is 0 Å². The molecule has 0 heterocycles. The molecule has 0 saturated heterocycles. The van der Waals surface area contributed by atoms with E-state index in [1.54, 1.807) is 20.3 Å². The molecular formula is C13H15BNO. The molecule has 0 saturated carbocycles. The fraction of sp³-hybridized carbons (Fsp3) is 0.385. The number of carbonyl (C=O) groups excluding carboxylic acids is 1. The van der Waals surface area contributed by atoms with Gasteiger partial charge in [-0.2, -0.15) is 5.26 Å². The van der Waals surface area contributed by atoms with Gasteiger partial charge in [-0.3, -0.25) is 0 Å². The van der Waals surface area contributed by atoms with E-state index in [1.807, 2.05) is 18.2 Å². The second kappa shape index (κ2) is 5.51. The molecule has 0 aliphatic carbocycles. The number of hydrogen-bond donors (Lipinski definition) is 0. The van der Waals surface area contributed by atoms with Crippen molar-refractivity contribution in [2.24, 2.45) is 5.92 Å². The number of hydrogen-bond acceptors (Lipinski definition) is 2. The van der Waals surface area contributed by atoms with Crippen molar-refractivity contribution in [1.29, 1.82) is 5.26 Å². The summed E-state index contributed by atoms with van der Waals surface area (Å²) in [5.74, 6) is 0.434.